The Hall–Kier alpha value is -1.78. The first-order chi connectivity index (χ1) is 8.35. The topological polar surface area (TPSA) is 26.3 Å². The van der Waals surface area contributed by atoms with Crippen LogP contribution in [0.1, 0.15) is 17.5 Å². The highest BCUT2D eigenvalue weighted by atomic mass is 19.4. The van der Waals surface area contributed by atoms with E-state index in [1.54, 1.807) is 13.0 Å². The number of hydrogen-bond donors (Lipinski definition) is 0. The van der Waals surface area contributed by atoms with Crippen LogP contribution in [0.15, 0.2) is 36.6 Å². The summed E-state index contributed by atoms with van der Waals surface area (Å²) >= 11 is 0. The van der Waals surface area contributed by atoms with Crippen LogP contribution in [0.3, 0.4) is 0 Å². The molecule has 1 heterocycles. The van der Waals surface area contributed by atoms with Gasteiger partial charge in [0.05, 0.1) is 12.7 Å². The van der Waals surface area contributed by atoms with Crippen LogP contribution >= 0.6 is 0 Å². The van der Waals surface area contributed by atoms with Crippen molar-refractivity contribution in [1.29, 1.82) is 0 Å². The van der Waals surface area contributed by atoms with Crippen molar-refractivity contribution in [3.05, 3.63) is 47.7 Å². The predicted molar refractivity (Wildman–Crippen MR) is 58.8 cm³/mol. The summed E-state index contributed by atoms with van der Waals surface area (Å²) in [5.74, 6) is -0.597. The molecule has 2 rings (SSSR count). The summed E-state index contributed by atoms with van der Waals surface area (Å²) in [5, 5.41) is 0. The van der Waals surface area contributed by atoms with E-state index in [9.17, 15) is 18.0 Å². The van der Waals surface area contributed by atoms with Gasteiger partial charge in [-0.3, -0.25) is 4.79 Å². The number of aryl methyl sites for hydroxylation is 1. The maximum atomic E-state index is 13.3. The number of hydrogen-bond acceptors (Lipinski definition) is 2. The molecule has 0 radical (unpaired) electrons. The van der Waals surface area contributed by atoms with Crippen molar-refractivity contribution in [3.63, 3.8) is 0 Å². The first-order valence-corrected chi connectivity index (χ1v) is 5.36. The average Bonchev–Trinajstić information content (AvgIpc) is 2.27. The lowest BCUT2D eigenvalue weighted by atomic mass is 9.85. The van der Waals surface area contributed by atoms with Gasteiger partial charge < -0.3 is 4.74 Å². The first kappa shape index (κ1) is 12.7. The van der Waals surface area contributed by atoms with Crippen LogP contribution in [0.25, 0.3) is 0 Å². The Bertz CT molecular complexity index is 505. The van der Waals surface area contributed by atoms with Gasteiger partial charge in [-0.2, -0.15) is 13.2 Å². The molecule has 1 unspecified atom stereocenters. The Balaban J connectivity index is 2.57. The summed E-state index contributed by atoms with van der Waals surface area (Å²) in [7, 11) is 0. The van der Waals surface area contributed by atoms with Crippen LogP contribution in [-0.2, 0) is 15.1 Å². The number of rotatable bonds is 1. The molecule has 1 atom stereocenters. The highest BCUT2D eigenvalue weighted by Crippen LogP contribution is 2.46. The van der Waals surface area contributed by atoms with Crippen molar-refractivity contribution in [1.82, 2.24) is 0 Å². The zero-order chi connectivity index (χ0) is 13.4. The third-order valence-corrected chi connectivity index (χ3v) is 2.89. The molecule has 0 saturated carbocycles. The summed E-state index contributed by atoms with van der Waals surface area (Å²) in [6, 6.07) is 5.92. The van der Waals surface area contributed by atoms with Crippen LogP contribution in [0.2, 0.25) is 0 Å². The van der Waals surface area contributed by atoms with Crippen LogP contribution in [-0.4, -0.2) is 12.0 Å². The molecule has 1 aliphatic rings. The molecule has 2 nitrogen and oxygen atoms in total. The van der Waals surface area contributed by atoms with Crippen molar-refractivity contribution in [3.8, 4) is 0 Å². The van der Waals surface area contributed by atoms with Gasteiger partial charge in [0.2, 0.25) is 5.60 Å². The van der Waals surface area contributed by atoms with Crippen molar-refractivity contribution in [2.24, 2.45) is 0 Å². The average molecular weight is 256 g/mol. The van der Waals surface area contributed by atoms with E-state index in [4.69, 9.17) is 4.74 Å². The standard InChI is InChI=1S/C13H11F3O2/c1-9-3-2-4-10(7-9)12(13(14,15)16)8-11(17)5-6-18-12/h2-7H,8H2,1H3. The Labute approximate surface area is 102 Å². The molecule has 0 amide bonds. The molecule has 1 aromatic rings. The molecular formula is C13H11F3O2. The minimum absolute atomic E-state index is 0.0484. The van der Waals surface area contributed by atoms with Gasteiger partial charge >= 0.3 is 6.18 Å². The van der Waals surface area contributed by atoms with E-state index >= 15 is 0 Å². The van der Waals surface area contributed by atoms with E-state index in [1.807, 2.05) is 0 Å². The van der Waals surface area contributed by atoms with Gasteiger partial charge in [-0.15, -0.1) is 0 Å². The highest BCUT2D eigenvalue weighted by molar-refractivity contribution is 5.91. The smallest absolute Gasteiger partial charge is 0.433 e. The lowest BCUT2D eigenvalue weighted by Gasteiger charge is -2.36. The molecule has 0 bridgehead atoms. The predicted octanol–water partition coefficient (Wildman–Crippen LogP) is 3.26. The second kappa shape index (κ2) is 4.15. The molecule has 96 valence electrons. The molecular weight excluding hydrogens is 245 g/mol. The van der Waals surface area contributed by atoms with Crippen LogP contribution in [0, 0.1) is 6.92 Å². The fourth-order valence-electron chi connectivity index (χ4n) is 1.97. The maximum absolute atomic E-state index is 13.3. The monoisotopic (exact) mass is 256 g/mol. The molecule has 0 spiro atoms. The van der Waals surface area contributed by atoms with Crippen molar-refractivity contribution >= 4 is 5.78 Å². The minimum Gasteiger partial charge on any atom is -0.480 e. The van der Waals surface area contributed by atoms with E-state index in [1.165, 1.54) is 18.2 Å². The molecule has 5 heteroatoms. The largest absolute Gasteiger partial charge is 0.480 e. The minimum atomic E-state index is -4.65. The Morgan fingerprint density at radius 2 is 2.06 bits per heavy atom. The Morgan fingerprint density at radius 1 is 1.33 bits per heavy atom. The van der Waals surface area contributed by atoms with Gasteiger partial charge in [0.1, 0.15) is 0 Å². The quantitative estimate of drug-likeness (QED) is 0.771. The summed E-state index contributed by atoms with van der Waals surface area (Å²) < 4.78 is 44.6. The lowest BCUT2D eigenvalue weighted by molar-refractivity contribution is -0.270. The lowest BCUT2D eigenvalue weighted by Crippen LogP contribution is -2.46. The number of ether oxygens (including phenoxy) is 1. The van der Waals surface area contributed by atoms with E-state index < -0.39 is 24.0 Å². The van der Waals surface area contributed by atoms with Crippen LogP contribution in [0.5, 0.6) is 0 Å². The summed E-state index contributed by atoms with van der Waals surface area (Å²) in [5.41, 5.74) is -1.93. The van der Waals surface area contributed by atoms with Gasteiger partial charge in [-0.1, -0.05) is 29.8 Å². The van der Waals surface area contributed by atoms with E-state index in [2.05, 4.69) is 0 Å². The second-order valence-electron chi connectivity index (χ2n) is 4.26. The number of allylic oxidation sites excluding steroid dienone is 1. The molecule has 1 aromatic carbocycles. The number of carbonyl (C=O) groups excluding carboxylic acids is 1. The zero-order valence-electron chi connectivity index (χ0n) is 9.62. The van der Waals surface area contributed by atoms with Gasteiger partial charge in [0.15, 0.2) is 5.78 Å². The number of alkyl halides is 3. The van der Waals surface area contributed by atoms with E-state index in [0.717, 1.165) is 12.3 Å². The molecule has 1 aliphatic heterocycles. The van der Waals surface area contributed by atoms with Crippen LogP contribution < -0.4 is 0 Å². The van der Waals surface area contributed by atoms with Gasteiger partial charge in [0.25, 0.3) is 0 Å². The molecule has 0 fully saturated rings. The Morgan fingerprint density at radius 3 is 2.61 bits per heavy atom. The van der Waals surface area contributed by atoms with Crippen molar-refractivity contribution in [2.45, 2.75) is 25.1 Å². The summed E-state index contributed by atoms with van der Waals surface area (Å²) in [4.78, 5) is 11.3. The number of ketones is 1. The van der Waals surface area contributed by atoms with Crippen molar-refractivity contribution in [2.75, 3.05) is 0 Å². The molecule has 0 aromatic heterocycles. The zero-order valence-corrected chi connectivity index (χ0v) is 9.62. The molecule has 0 N–H and O–H groups in total. The van der Waals surface area contributed by atoms with E-state index in [-0.39, 0.29) is 5.56 Å². The van der Waals surface area contributed by atoms with Gasteiger partial charge in [-0.05, 0) is 6.92 Å². The number of carbonyl (C=O) groups is 1. The maximum Gasteiger partial charge on any atom is 0.433 e. The van der Waals surface area contributed by atoms with Crippen molar-refractivity contribution < 1.29 is 22.7 Å². The second-order valence-corrected chi connectivity index (χ2v) is 4.26. The third kappa shape index (κ3) is 2.00. The molecule has 18 heavy (non-hydrogen) atoms. The summed E-state index contributed by atoms with van der Waals surface area (Å²) in [6.45, 7) is 1.69. The van der Waals surface area contributed by atoms with E-state index in [0.29, 0.717) is 5.56 Å². The number of halogens is 3. The molecule has 0 saturated heterocycles. The summed E-state index contributed by atoms with van der Waals surface area (Å²) in [6.07, 6.45) is -3.54. The van der Waals surface area contributed by atoms with Gasteiger partial charge in [-0.25, -0.2) is 0 Å². The van der Waals surface area contributed by atoms with Crippen LogP contribution in [0.4, 0.5) is 13.2 Å². The molecule has 0 aliphatic carbocycles. The fraction of sp³-hybridized carbons (Fsp3) is 0.308. The third-order valence-electron chi connectivity index (χ3n) is 2.89. The first-order valence-electron chi connectivity index (χ1n) is 5.36. The van der Waals surface area contributed by atoms with Gasteiger partial charge in [0, 0.05) is 11.6 Å². The fourth-order valence-corrected chi connectivity index (χ4v) is 1.97. The SMILES string of the molecule is Cc1cccc(C2(C(F)(F)F)CC(=O)C=CO2)c1. The Kier molecular flexibility index (Phi) is 2.92. The highest BCUT2D eigenvalue weighted by Gasteiger charge is 2.59. The normalized spacial score (nSPS) is 23.9. The number of benzene rings is 1.